The summed E-state index contributed by atoms with van der Waals surface area (Å²) in [5, 5.41) is 2.88. The molecule has 0 aliphatic heterocycles. The van der Waals surface area contributed by atoms with Crippen LogP contribution in [0.3, 0.4) is 0 Å². The highest BCUT2D eigenvalue weighted by Crippen LogP contribution is 2.20. The maximum Gasteiger partial charge on any atom is 0.246 e. The van der Waals surface area contributed by atoms with Crippen LogP contribution in [-0.4, -0.2) is 32.9 Å². The normalized spacial score (nSPS) is 11.6. The third-order valence-electron chi connectivity index (χ3n) is 2.66. The second kappa shape index (κ2) is 7.33. The summed E-state index contributed by atoms with van der Waals surface area (Å²) in [6.45, 7) is 7.70. The van der Waals surface area contributed by atoms with Gasteiger partial charge in [-0.05, 0) is 24.7 Å². The average Bonchev–Trinajstić information content (AvgIpc) is 2.38. The summed E-state index contributed by atoms with van der Waals surface area (Å²) in [4.78, 5) is -0.332. The molecule has 1 aromatic rings. The zero-order valence-electron chi connectivity index (χ0n) is 11.5. The monoisotopic (exact) mass is 298 g/mol. The van der Waals surface area contributed by atoms with E-state index in [1.54, 1.807) is 13.1 Å². The highest BCUT2D eigenvalue weighted by molar-refractivity contribution is 7.89. The van der Waals surface area contributed by atoms with E-state index in [0.717, 1.165) is 4.31 Å². The molecule has 110 valence electrons. The highest BCUT2D eigenvalue weighted by atomic mass is 32.2. The SMILES string of the molecule is C=CCN(CC=C)S(=O)(=O)c1ccc(CNC)cc1F. The molecular weight excluding hydrogens is 279 g/mol. The lowest BCUT2D eigenvalue weighted by Crippen LogP contribution is -2.32. The lowest BCUT2D eigenvalue weighted by molar-refractivity contribution is 0.466. The van der Waals surface area contributed by atoms with Crippen molar-refractivity contribution in [1.82, 2.24) is 9.62 Å². The minimum absolute atomic E-state index is 0.103. The van der Waals surface area contributed by atoms with Crippen molar-refractivity contribution in [3.63, 3.8) is 0 Å². The number of sulfonamides is 1. The molecule has 0 aromatic heterocycles. The Morgan fingerprint density at radius 1 is 1.30 bits per heavy atom. The first kappa shape index (κ1) is 16.6. The lowest BCUT2D eigenvalue weighted by Gasteiger charge is -2.19. The van der Waals surface area contributed by atoms with Gasteiger partial charge in [-0.15, -0.1) is 13.2 Å². The van der Waals surface area contributed by atoms with Gasteiger partial charge in [-0.25, -0.2) is 12.8 Å². The number of benzene rings is 1. The van der Waals surface area contributed by atoms with E-state index in [2.05, 4.69) is 18.5 Å². The van der Waals surface area contributed by atoms with E-state index >= 15 is 0 Å². The first-order valence-electron chi connectivity index (χ1n) is 6.12. The van der Waals surface area contributed by atoms with Crippen LogP contribution in [0.2, 0.25) is 0 Å². The van der Waals surface area contributed by atoms with Gasteiger partial charge in [0.25, 0.3) is 0 Å². The zero-order chi connectivity index (χ0) is 15.2. The molecular formula is C14H19FN2O2S. The third kappa shape index (κ3) is 3.75. The van der Waals surface area contributed by atoms with Crippen LogP contribution in [0, 0.1) is 5.82 Å². The van der Waals surface area contributed by atoms with Crippen molar-refractivity contribution >= 4 is 10.0 Å². The summed E-state index contributed by atoms with van der Waals surface area (Å²) in [6, 6.07) is 4.10. The number of nitrogens with one attached hydrogen (secondary N) is 1. The summed E-state index contributed by atoms with van der Waals surface area (Å²) in [7, 11) is -2.16. The second-order valence-electron chi connectivity index (χ2n) is 4.19. The minimum Gasteiger partial charge on any atom is -0.316 e. The van der Waals surface area contributed by atoms with Crippen molar-refractivity contribution in [2.75, 3.05) is 20.1 Å². The third-order valence-corrected chi connectivity index (χ3v) is 4.53. The Hall–Kier alpha value is -1.50. The second-order valence-corrected chi connectivity index (χ2v) is 6.10. The Kier molecular flexibility index (Phi) is 6.06. The van der Waals surface area contributed by atoms with E-state index in [1.165, 1.54) is 24.3 Å². The first-order chi connectivity index (χ1) is 9.47. The van der Waals surface area contributed by atoms with Gasteiger partial charge in [0, 0.05) is 19.6 Å². The predicted molar refractivity (Wildman–Crippen MR) is 78.3 cm³/mol. The van der Waals surface area contributed by atoms with E-state index in [9.17, 15) is 12.8 Å². The Balaban J connectivity index is 3.19. The predicted octanol–water partition coefficient (Wildman–Crippen LogP) is 1.91. The molecule has 0 heterocycles. The molecule has 0 aliphatic carbocycles. The van der Waals surface area contributed by atoms with Crippen LogP contribution in [0.4, 0.5) is 4.39 Å². The molecule has 1 rings (SSSR count). The molecule has 0 aliphatic rings. The molecule has 0 saturated carbocycles. The number of nitrogens with zero attached hydrogens (tertiary/aromatic N) is 1. The fraction of sp³-hybridized carbons (Fsp3) is 0.286. The Labute approximate surface area is 119 Å². The van der Waals surface area contributed by atoms with E-state index in [0.29, 0.717) is 12.1 Å². The van der Waals surface area contributed by atoms with Gasteiger partial charge in [0.15, 0.2) is 0 Å². The number of halogens is 1. The van der Waals surface area contributed by atoms with Crippen molar-refractivity contribution in [2.45, 2.75) is 11.4 Å². The summed E-state index contributed by atoms with van der Waals surface area (Å²) < 4.78 is 39.9. The van der Waals surface area contributed by atoms with Crippen LogP contribution < -0.4 is 5.32 Å². The van der Waals surface area contributed by atoms with Gasteiger partial charge in [0.2, 0.25) is 10.0 Å². The van der Waals surface area contributed by atoms with E-state index in [-0.39, 0.29) is 18.0 Å². The Morgan fingerprint density at radius 3 is 2.35 bits per heavy atom. The standard InChI is InChI=1S/C14H19FN2O2S/c1-4-8-17(9-5-2)20(18,19)14-7-6-12(11-16-3)10-13(14)15/h4-7,10,16H,1-2,8-9,11H2,3H3. The van der Waals surface area contributed by atoms with Crippen molar-refractivity contribution < 1.29 is 12.8 Å². The fourth-order valence-corrected chi connectivity index (χ4v) is 3.19. The molecule has 0 unspecified atom stereocenters. The van der Waals surface area contributed by atoms with Gasteiger partial charge in [0.05, 0.1) is 0 Å². The molecule has 0 saturated heterocycles. The van der Waals surface area contributed by atoms with Gasteiger partial charge < -0.3 is 5.32 Å². The Morgan fingerprint density at radius 2 is 1.90 bits per heavy atom. The molecule has 4 nitrogen and oxygen atoms in total. The van der Waals surface area contributed by atoms with Crippen molar-refractivity contribution in [1.29, 1.82) is 0 Å². The smallest absolute Gasteiger partial charge is 0.246 e. The molecule has 20 heavy (non-hydrogen) atoms. The van der Waals surface area contributed by atoms with Crippen LogP contribution in [0.25, 0.3) is 0 Å². The largest absolute Gasteiger partial charge is 0.316 e. The zero-order valence-corrected chi connectivity index (χ0v) is 12.3. The molecule has 0 bridgehead atoms. The van der Waals surface area contributed by atoms with Crippen molar-refractivity contribution in [3.8, 4) is 0 Å². The molecule has 1 N–H and O–H groups in total. The van der Waals surface area contributed by atoms with Gasteiger partial charge >= 0.3 is 0 Å². The minimum atomic E-state index is -3.89. The summed E-state index contributed by atoms with van der Waals surface area (Å²) in [6.07, 6.45) is 2.91. The van der Waals surface area contributed by atoms with Gasteiger partial charge in [-0.2, -0.15) is 4.31 Å². The van der Waals surface area contributed by atoms with Crippen molar-refractivity contribution in [3.05, 3.63) is 54.9 Å². The highest BCUT2D eigenvalue weighted by Gasteiger charge is 2.25. The Bertz CT molecular complexity index is 575. The van der Waals surface area contributed by atoms with Crippen molar-refractivity contribution in [2.24, 2.45) is 0 Å². The topological polar surface area (TPSA) is 49.4 Å². The van der Waals surface area contributed by atoms with Crippen LogP contribution in [0.1, 0.15) is 5.56 Å². The summed E-state index contributed by atoms with van der Waals surface area (Å²) >= 11 is 0. The van der Waals surface area contributed by atoms with Gasteiger partial charge in [0.1, 0.15) is 10.7 Å². The lowest BCUT2D eigenvalue weighted by atomic mass is 10.2. The van der Waals surface area contributed by atoms with Gasteiger partial charge in [-0.3, -0.25) is 0 Å². The summed E-state index contributed by atoms with van der Waals surface area (Å²) in [5.74, 6) is -0.754. The maximum atomic E-state index is 14.0. The van der Waals surface area contributed by atoms with E-state index < -0.39 is 15.8 Å². The molecule has 6 heteroatoms. The van der Waals surface area contributed by atoms with Crippen LogP contribution in [-0.2, 0) is 16.6 Å². The number of hydrogen-bond donors (Lipinski definition) is 1. The fourth-order valence-electron chi connectivity index (χ4n) is 1.77. The van der Waals surface area contributed by atoms with Gasteiger partial charge in [-0.1, -0.05) is 18.2 Å². The molecule has 0 spiro atoms. The molecule has 0 fully saturated rings. The van der Waals surface area contributed by atoms with Crippen LogP contribution in [0.15, 0.2) is 48.4 Å². The molecule has 0 radical (unpaired) electrons. The molecule has 0 amide bonds. The maximum absolute atomic E-state index is 14.0. The number of rotatable bonds is 8. The first-order valence-corrected chi connectivity index (χ1v) is 7.56. The quantitative estimate of drug-likeness (QED) is 0.746. The van der Waals surface area contributed by atoms with Crippen LogP contribution in [0.5, 0.6) is 0 Å². The van der Waals surface area contributed by atoms with E-state index in [4.69, 9.17) is 0 Å². The molecule has 1 aromatic carbocycles. The average molecular weight is 298 g/mol. The van der Waals surface area contributed by atoms with E-state index in [1.807, 2.05) is 0 Å². The number of hydrogen-bond acceptors (Lipinski definition) is 3. The molecule has 0 atom stereocenters. The summed E-state index contributed by atoms with van der Waals surface area (Å²) in [5.41, 5.74) is 0.683. The van der Waals surface area contributed by atoms with Crippen LogP contribution >= 0.6 is 0 Å².